The average molecular weight is 946 g/mol. The van der Waals surface area contributed by atoms with Crippen LogP contribution in [-0.4, -0.2) is 37.2 Å². The van der Waals surface area contributed by atoms with E-state index < -0.39 is 6.10 Å². The van der Waals surface area contributed by atoms with Crippen LogP contribution in [0.4, 0.5) is 0 Å². The molecule has 388 valence electrons. The zero-order valence-corrected chi connectivity index (χ0v) is 44.3. The number of esters is 3. The van der Waals surface area contributed by atoms with Crippen LogP contribution < -0.4 is 0 Å². The summed E-state index contributed by atoms with van der Waals surface area (Å²) in [6, 6.07) is 0. The summed E-state index contributed by atoms with van der Waals surface area (Å²) in [5, 5.41) is 0. The highest BCUT2D eigenvalue weighted by Gasteiger charge is 2.19. The van der Waals surface area contributed by atoms with E-state index in [1.807, 2.05) is 0 Å². The number of carbonyl (C=O) groups is 3. The second-order valence-electron chi connectivity index (χ2n) is 18.4. The fourth-order valence-electron chi connectivity index (χ4n) is 7.66. The van der Waals surface area contributed by atoms with Crippen LogP contribution in [0.5, 0.6) is 0 Å². The Morgan fingerprint density at radius 2 is 0.574 bits per heavy atom. The van der Waals surface area contributed by atoms with Crippen LogP contribution in [-0.2, 0) is 28.6 Å². The van der Waals surface area contributed by atoms with Gasteiger partial charge in [0.15, 0.2) is 6.10 Å². The Morgan fingerprint density at radius 3 is 0.912 bits per heavy atom. The number of allylic oxidation sites excluding steroid dienone is 16. The fraction of sp³-hybridized carbons (Fsp3) is 0.694. The highest BCUT2D eigenvalue weighted by Crippen LogP contribution is 2.15. The molecule has 0 saturated heterocycles. The first kappa shape index (κ1) is 64.3. The van der Waals surface area contributed by atoms with Crippen molar-refractivity contribution in [3.8, 4) is 0 Å². The predicted molar refractivity (Wildman–Crippen MR) is 293 cm³/mol. The van der Waals surface area contributed by atoms with E-state index in [2.05, 4.69) is 118 Å². The van der Waals surface area contributed by atoms with Crippen LogP contribution in [0.15, 0.2) is 97.2 Å². The van der Waals surface area contributed by atoms with Crippen molar-refractivity contribution in [3.05, 3.63) is 97.2 Å². The normalized spacial score (nSPS) is 12.8. The summed E-state index contributed by atoms with van der Waals surface area (Å²) in [5.74, 6) is -0.930. The van der Waals surface area contributed by atoms with Crippen LogP contribution in [0, 0.1) is 0 Å². The van der Waals surface area contributed by atoms with Crippen molar-refractivity contribution in [2.75, 3.05) is 13.2 Å². The maximum atomic E-state index is 12.9. The third kappa shape index (κ3) is 53.3. The molecule has 6 heteroatoms. The van der Waals surface area contributed by atoms with E-state index in [0.29, 0.717) is 19.3 Å². The topological polar surface area (TPSA) is 78.9 Å². The van der Waals surface area contributed by atoms with Crippen molar-refractivity contribution in [2.45, 2.75) is 264 Å². The molecule has 0 amide bonds. The minimum Gasteiger partial charge on any atom is -0.462 e. The second-order valence-corrected chi connectivity index (χ2v) is 18.4. The zero-order chi connectivity index (χ0) is 49.3. The molecule has 0 radical (unpaired) electrons. The smallest absolute Gasteiger partial charge is 0.306 e. The molecule has 0 aliphatic heterocycles. The van der Waals surface area contributed by atoms with Gasteiger partial charge in [-0.1, -0.05) is 240 Å². The van der Waals surface area contributed by atoms with Gasteiger partial charge in [-0.15, -0.1) is 0 Å². The molecule has 1 atom stereocenters. The van der Waals surface area contributed by atoms with Crippen LogP contribution in [0.1, 0.15) is 258 Å². The summed E-state index contributed by atoms with van der Waals surface area (Å²) in [4.78, 5) is 38.1. The Kier molecular flexibility index (Phi) is 52.9. The summed E-state index contributed by atoms with van der Waals surface area (Å²) in [5.41, 5.74) is 0. The molecule has 1 unspecified atom stereocenters. The largest absolute Gasteiger partial charge is 0.462 e. The van der Waals surface area contributed by atoms with Gasteiger partial charge < -0.3 is 14.2 Å². The molecular weight excluding hydrogens is 841 g/mol. The van der Waals surface area contributed by atoms with Crippen molar-refractivity contribution in [1.29, 1.82) is 0 Å². The van der Waals surface area contributed by atoms with Gasteiger partial charge in [0, 0.05) is 19.3 Å². The van der Waals surface area contributed by atoms with Gasteiger partial charge in [-0.3, -0.25) is 14.4 Å². The molecular formula is C62H104O6. The van der Waals surface area contributed by atoms with E-state index >= 15 is 0 Å². The lowest BCUT2D eigenvalue weighted by molar-refractivity contribution is -0.167. The summed E-state index contributed by atoms with van der Waals surface area (Å²) in [6.45, 7) is 6.39. The van der Waals surface area contributed by atoms with Gasteiger partial charge in [0.05, 0.1) is 0 Å². The Hall–Kier alpha value is -3.67. The first-order valence-electron chi connectivity index (χ1n) is 28.2. The molecule has 0 rings (SSSR count). The average Bonchev–Trinajstić information content (AvgIpc) is 3.34. The quantitative estimate of drug-likeness (QED) is 0.0262. The minimum atomic E-state index is -0.796. The molecule has 0 aliphatic rings. The first-order valence-corrected chi connectivity index (χ1v) is 28.2. The number of hydrogen-bond donors (Lipinski definition) is 0. The van der Waals surface area contributed by atoms with E-state index in [1.54, 1.807) is 0 Å². The van der Waals surface area contributed by atoms with E-state index in [0.717, 1.165) is 122 Å². The SMILES string of the molecule is CC/C=C\C/C=C\C/C=C\C/C=C\C/C=C\CCCCCC(=O)OCC(COC(=O)CCCCCCCCCCCCCCCC)OC(=O)CCCCCCCCC/C=C\C/C=C\C/C=C\CC. The molecule has 0 fully saturated rings. The predicted octanol–water partition coefficient (Wildman–Crippen LogP) is 18.9. The maximum Gasteiger partial charge on any atom is 0.306 e. The van der Waals surface area contributed by atoms with Crippen LogP contribution >= 0.6 is 0 Å². The van der Waals surface area contributed by atoms with Crippen LogP contribution in [0.3, 0.4) is 0 Å². The van der Waals surface area contributed by atoms with Crippen molar-refractivity contribution < 1.29 is 28.6 Å². The standard InChI is InChI=1S/C62H104O6/c1-4-7-10-13-16-19-22-25-28-30-31-33-34-37-40-43-46-49-52-55-61(64)67-58-59(57-66-60(63)54-51-48-45-42-39-36-27-24-21-18-15-12-9-6-3)68-62(65)56-53-50-47-44-41-38-35-32-29-26-23-20-17-14-11-8-5-2/h7-8,10-11,16-17,19-20,25-26,28-29,31,33,37,40,59H,4-6,9,12-15,18,21-24,27,30,32,34-36,38-39,41-58H2,1-3H3/b10-7-,11-8-,19-16-,20-17-,28-25-,29-26-,33-31-,40-37-. The number of carbonyl (C=O) groups excluding carboxylic acids is 3. The summed E-state index contributed by atoms with van der Waals surface area (Å²) in [6.07, 6.45) is 73.9. The maximum absolute atomic E-state index is 12.9. The number of unbranched alkanes of at least 4 members (excludes halogenated alkanes) is 23. The van der Waals surface area contributed by atoms with E-state index in [4.69, 9.17) is 14.2 Å². The third-order valence-corrected chi connectivity index (χ3v) is 11.8. The molecule has 0 saturated carbocycles. The van der Waals surface area contributed by atoms with Gasteiger partial charge in [0.2, 0.25) is 0 Å². The molecule has 0 spiro atoms. The highest BCUT2D eigenvalue weighted by atomic mass is 16.6. The number of ether oxygens (including phenoxy) is 3. The molecule has 6 nitrogen and oxygen atoms in total. The van der Waals surface area contributed by atoms with Crippen LogP contribution in [0.2, 0.25) is 0 Å². The van der Waals surface area contributed by atoms with Crippen molar-refractivity contribution in [3.63, 3.8) is 0 Å². The lowest BCUT2D eigenvalue weighted by atomic mass is 10.0. The molecule has 0 heterocycles. The Bertz CT molecular complexity index is 1360. The van der Waals surface area contributed by atoms with Gasteiger partial charge in [-0.05, 0) is 96.3 Å². The van der Waals surface area contributed by atoms with Gasteiger partial charge in [-0.2, -0.15) is 0 Å². The second kappa shape index (κ2) is 55.9. The van der Waals surface area contributed by atoms with Crippen molar-refractivity contribution >= 4 is 17.9 Å². The Labute approximate surface area is 419 Å². The van der Waals surface area contributed by atoms with E-state index in [1.165, 1.54) is 96.3 Å². The summed E-state index contributed by atoms with van der Waals surface area (Å²) < 4.78 is 16.8. The van der Waals surface area contributed by atoms with E-state index in [-0.39, 0.29) is 31.1 Å². The molecule has 0 bridgehead atoms. The molecule has 0 aromatic rings. The molecule has 0 aromatic carbocycles. The Morgan fingerprint density at radius 1 is 0.309 bits per heavy atom. The van der Waals surface area contributed by atoms with Crippen LogP contribution in [0.25, 0.3) is 0 Å². The fourth-order valence-corrected chi connectivity index (χ4v) is 7.66. The number of hydrogen-bond acceptors (Lipinski definition) is 6. The number of rotatable bonds is 50. The van der Waals surface area contributed by atoms with Gasteiger partial charge >= 0.3 is 17.9 Å². The van der Waals surface area contributed by atoms with Gasteiger partial charge in [0.1, 0.15) is 13.2 Å². The third-order valence-electron chi connectivity index (χ3n) is 11.8. The first-order chi connectivity index (χ1) is 33.5. The summed E-state index contributed by atoms with van der Waals surface area (Å²) >= 11 is 0. The monoisotopic (exact) mass is 945 g/mol. The molecule has 68 heavy (non-hydrogen) atoms. The molecule has 0 aromatic heterocycles. The summed E-state index contributed by atoms with van der Waals surface area (Å²) in [7, 11) is 0. The zero-order valence-electron chi connectivity index (χ0n) is 44.3. The van der Waals surface area contributed by atoms with Gasteiger partial charge in [0.25, 0.3) is 0 Å². The Balaban J connectivity index is 4.46. The van der Waals surface area contributed by atoms with E-state index in [9.17, 15) is 14.4 Å². The van der Waals surface area contributed by atoms with Crippen molar-refractivity contribution in [2.24, 2.45) is 0 Å². The lowest BCUT2D eigenvalue weighted by Gasteiger charge is -2.18. The molecule has 0 aliphatic carbocycles. The highest BCUT2D eigenvalue weighted by molar-refractivity contribution is 5.71. The lowest BCUT2D eigenvalue weighted by Crippen LogP contribution is -2.30. The minimum absolute atomic E-state index is 0.0910. The van der Waals surface area contributed by atoms with Gasteiger partial charge in [-0.25, -0.2) is 0 Å². The van der Waals surface area contributed by atoms with Crippen molar-refractivity contribution in [1.82, 2.24) is 0 Å². The molecule has 0 N–H and O–H groups in total.